The average Bonchev–Trinajstić information content (AvgIpc) is 2.70. The van der Waals surface area contributed by atoms with Crippen molar-refractivity contribution in [1.29, 1.82) is 0 Å². The number of aliphatic hydroxyl groups excluding tert-OH is 1. The monoisotopic (exact) mass is 232 g/mol. The first-order valence-electron chi connectivity index (χ1n) is 5.48. The minimum absolute atomic E-state index is 0.208. The van der Waals surface area contributed by atoms with E-state index in [1.807, 2.05) is 6.07 Å². The summed E-state index contributed by atoms with van der Waals surface area (Å²) >= 11 is 0. The van der Waals surface area contributed by atoms with Crippen molar-refractivity contribution in [2.24, 2.45) is 0 Å². The number of aliphatic hydroxyl groups is 1. The molecule has 1 aromatic carbocycles. The van der Waals surface area contributed by atoms with Gasteiger partial charge in [-0.3, -0.25) is 0 Å². The molecule has 0 bridgehead atoms. The summed E-state index contributed by atoms with van der Waals surface area (Å²) in [4.78, 5) is 11.8. The van der Waals surface area contributed by atoms with Gasteiger partial charge in [0.25, 0.3) is 0 Å². The van der Waals surface area contributed by atoms with Gasteiger partial charge in [0.2, 0.25) is 0 Å². The highest BCUT2D eigenvalue weighted by Crippen LogP contribution is 2.22. The lowest BCUT2D eigenvalue weighted by Crippen LogP contribution is -2.30. The van der Waals surface area contributed by atoms with Crippen LogP contribution in [0.1, 0.15) is 16.8 Å². The van der Waals surface area contributed by atoms with Crippen molar-refractivity contribution in [3.8, 4) is 0 Å². The molecule has 1 N–H and O–H groups in total. The van der Waals surface area contributed by atoms with Gasteiger partial charge in [-0.1, -0.05) is 18.2 Å². The van der Waals surface area contributed by atoms with E-state index in [1.165, 1.54) is 0 Å². The Hall–Kier alpha value is -1.33. The van der Waals surface area contributed by atoms with E-state index >= 15 is 0 Å². The Morgan fingerprint density at radius 2 is 2.18 bits per heavy atom. The molecule has 2 rings (SSSR count). The molecule has 3 atom stereocenters. The number of esters is 1. The minimum Gasteiger partial charge on any atom is -0.456 e. The van der Waals surface area contributed by atoms with E-state index in [0.717, 1.165) is 0 Å². The molecule has 1 heterocycles. The summed E-state index contributed by atoms with van der Waals surface area (Å²) in [7, 11) is 5.58. The maximum atomic E-state index is 11.8. The Morgan fingerprint density at radius 1 is 1.47 bits per heavy atom. The highest BCUT2D eigenvalue weighted by atomic mass is 16.6. The highest BCUT2D eigenvalue weighted by molar-refractivity contribution is 6.11. The number of ether oxygens (including phenoxy) is 2. The zero-order valence-electron chi connectivity index (χ0n) is 9.28. The lowest BCUT2D eigenvalue weighted by molar-refractivity contribution is -0.0232. The van der Waals surface area contributed by atoms with Crippen molar-refractivity contribution in [3.05, 3.63) is 35.9 Å². The lowest BCUT2D eigenvalue weighted by Gasteiger charge is -2.16. The Morgan fingerprint density at radius 3 is 2.82 bits per heavy atom. The maximum Gasteiger partial charge on any atom is 0.338 e. The average molecular weight is 232 g/mol. The summed E-state index contributed by atoms with van der Waals surface area (Å²) in [5.74, 6) is -0.424. The van der Waals surface area contributed by atoms with E-state index in [-0.39, 0.29) is 6.61 Å². The number of rotatable bonds is 3. The molecule has 0 aromatic heterocycles. The molecule has 17 heavy (non-hydrogen) atoms. The minimum atomic E-state index is -0.530. The number of hydrogen-bond donors (Lipinski definition) is 1. The molecular weight excluding hydrogens is 219 g/mol. The third-order valence-corrected chi connectivity index (χ3v) is 2.68. The van der Waals surface area contributed by atoms with Gasteiger partial charge in [-0.15, -0.1) is 0 Å². The van der Waals surface area contributed by atoms with Crippen LogP contribution in [-0.4, -0.2) is 43.7 Å². The normalized spacial score (nSPS) is 27.9. The van der Waals surface area contributed by atoms with Crippen molar-refractivity contribution >= 4 is 13.8 Å². The smallest absolute Gasteiger partial charge is 0.338 e. The van der Waals surface area contributed by atoms with Crippen LogP contribution < -0.4 is 0 Å². The van der Waals surface area contributed by atoms with Gasteiger partial charge >= 0.3 is 5.97 Å². The molecule has 2 radical (unpaired) electrons. The quantitative estimate of drug-likeness (QED) is 0.608. The molecule has 0 saturated carbocycles. The van der Waals surface area contributed by atoms with Crippen LogP contribution in [0, 0.1) is 0 Å². The predicted molar refractivity (Wildman–Crippen MR) is 61.8 cm³/mol. The van der Waals surface area contributed by atoms with Gasteiger partial charge < -0.3 is 14.6 Å². The third kappa shape index (κ3) is 2.87. The summed E-state index contributed by atoms with van der Waals surface area (Å²) in [6, 6.07) is 8.20. The first-order chi connectivity index (χ1) is 8.20. The first kappa shape index (κ1) is 12.1. The van der Waals surface area contributed by atoms with Crippen molar-refractivity contribution in [2.75, 3.05) is 6.61 Å². The molecule has 0 spiro atoms. The van der Waals surface area contributed by atoms with Crippen LogP contribution in [0.4, 0.5) is 0 Å². The van der Waals surface area contributed by atoms with E-state index in [9.17, 15) is 4.79 Å². The van der Waals surface area contributed by atoms with E-state index in [4.69, 9.17) is 22.4 Å². The number of benzene rings is 1. The molecule has 1 aliphatic heterocycles. The number of carbonyl (C=O) groups is 1. The van der Waals surface area contributed by atoms with Crippen LogP contribution in [0.25, 0.3) is 0 Å². The lowest BCUT2D eigenvalue weighted by atomic mass is 9.96. The molecule has 4 nitrogen and oxygen atoms in total. The number of carbonyl (C=O) groups excluding carboxylic acids is 1. The molecule has 0 amide bonds. The van der Waals surface area contributed by atoms with Crippen molar-refractivity contribution < 1.29 is 19.4 Å². The van der Waals surface area contributed by atoms with E-state index in [0.29, 0.717) is 12.0 Å². The van der Waals surface area contributed by atoms with Gasteiger partial charge in [0.05, 0.1) is 12.2 Å². The maximum absolute atomic E-state index is 11.8. The molecule has 0 unspecified atom stereocenters. The van der Waals surface area contributed by atoms with Gasteiger partial charge in [-0.2, -0.15) is 0 Å². The fraction of sp³-hybridized carbons (Fsp3) is 0.417. The zero-order valence-corrected chi connectivity index (χ0v) is 9.28. The van der Waals surface area contributed by atoms with Gasteiger partial charge in [-0.05, 0) is 12.1 Å². The highest BCUT2D eigenvalue weighted by Gasteiger charge is 2.35. The van der Waals surface area contributed by atoms with Crippen LogP contribution in [0.5, 0.6) is 0 Å². The first-order valence-corrected chi connectivity index (χ1v) is 5.48. The second-order valence-electron chi connectivity index (χ2n) is 3.94. The van der Waals surface area contributed by atoms with Crippen molar-refractivity contribution in [3.63, 3.8) is 0 Å². The summed E-state index contributed by atoms with van der Waals surface area (Å²) in [6.07, 6.45) is -0.607. The molecule has 1 fully saturated rings. The number of hydrogen-bond acceptors (Lipinski definition) is 4. The molecule has 1 aromatic rings. The Labute approximate surface area is 101 Å². The Bertz CT molecular complexity index is 381. The van der Waals surface area contributed by atoms with Gasteiger partial charge in [0.1, 0.15) is 20.1 Å². The van der Waals surface area contributed by atoms with Gasteiger partial charge in [0, 0.05) is 12.4 Å². The van der Waals surface area contributed by atoms with Crippen LogP contribution in [-0.2, 0) is 9.47 Å². The fourth-order valence-corrected chi connectivity index (χ4v) is 1.81. The molecular formula is C12H13BO4. The topological polar surface area (TPSA) is 55.8 Å². The standard InChI is InChI=1S/C12H13BO4/c13-11-6-9(10(7-14)16-11)17-12(15)8-4-2-1-3-5-8/h1-5,9-11,14H,6-7H2/t9-,10-,11-/m1/s1. The zero-order chi connectivity index (χ0) is 12.3. The molecule has 0 aliphatic carbocycles. The van der Waals surface area contributed by atoms with Gasteiger partial charge in [0.15, 0.2) is 0 Å². The second kappa shape index (κ2) is 5.34. The summed E-state index contributed by atoms with van der Waals surface area (Å²) in [6.45, 7) is -0.208. The Balaban J connectivity index is 1.99. The van der Waals surface area contributed by atoms with E-state index in [2.05, 4.69) is 0 Å². The van der Waals surface area contributed by atoms with Gasteiger partial charge in [-0.25, -0.2) is 4.79 Å². The molecule has 5 heteroatoms. The van der Waals surface area contributed by atoms with Crippen LogP contribution in [0.2, 0.25) is 0 Å². The summed E-state index contributed by atoms with van der Waals surface area (Å²) < 4.78 is 10.5. The fourth-order valence-electron chi connectivity index (χ4n) is 1.81. The second-order valence-corrected chi connectivity index (χ2v) is 3.94. The Kier molecular flexibility index (Phi) is 3.81. The summed E-state index contributed by atoms with van der Waals surface area (Å²) in [5.41, 5.74) is 0.477. The molecule has 1 saturated heterocycles. The molecule has 1 aliphatic rings. The van der Waals surface area contributed by atoms with Crippen LogP contribution in [0.3, 0.4) is 0 Å². The van der Waals surface area contributed by atoms with Crippen LogP contribution in [0.15, 0.2) is 30.3 Å². The predicted octanol–water partition coefficient (Wildman–Crippen LogP) is 0.488. The molecule has 88 valence electrons. The third-order valence-electron chi connectivity index (χ3n) is 2.68. The van der Waals surface area contributed by atoms with Crippen LogP contribution >= 0.6 is 0 Å². The largest absolute Gasteiger partial charge is 0.456 e. The van der Waals surface area contributed by atoms with Crippen molar-refractivity contribution in [1.82, 2.24) is 0 Å². The van der Waals surface area contributed by atoms with E-state index in [1.54, 1.807) is 24.3 Å². The van der Waals surface area contributed by atoms with E-state index < -0.39 is 24.2 Å². The SMILES string of the molecule is [B][C@H]1C[C@@H](OC(=O)c2ccccc2)[C@@H](CO)O1. The summed E-state index contributed by atoms with van der Waals surface area (Å²) in [5, 5.41) is 9.07. The van der Waals surface area contributed by atoms with Crippen molar-refractivity contribution in [2.45, 2.75) is 24.6 Å².